The Morgan fingerprint density at radius 1 is 1.41 bits per heavy atom. The Kier molecular flexibility index (Phi) is 4.86. The third-order valence-electron chi connectivity index (χ3n) is 2.01. The molecule has 1 aromatic heterocycles. The van der Waals surface area contributed by atoms with Crippen molar-refractivity contribution in [3.8, 4) is 0 Å². The summed E-state index contributed by atoms with van der Waals surface area (Å²) in [5.74, 6) is -0.176. The molecule has 0 aliphatic carbocycles. The highest BCUT2D eigenvalue weighted by molar-refractivity contribution is 5.92. The van der Waals surface area contributed by atoms with Gasteiger partial charge in [-0.3, -0.25) is 14.6 Å². The molecule has 1 aromatic rings. The molecule has 0 aliphatic rings. The lowest BCUT2D eigenvalue weighted by Crippen LogP contribution is -2.26. The molecule has 2 amide bonds. The molecule has 0 atom stereocenters. The van der Waals surface area contributed by atoms with Crippen LogP contribution in [0, 0.1) is 0 Å². The highest BCUT2D eigenvalue weighted by Gasteiger charge is 2.07. The van der Waals surface area contributed by atoms with Crippen LogP contribution in [0.4, 0.5) is 5.82 Å². The quantitative estimate of drug-likeness (QED) is 0.578. The van der Waals surface area contributed by atoms with E-state index in [1.54, 1.807) is 7.05 Å². The molecule has 0 fully saturated rings. The minimum absolute atomic E-state index is 0.232. The summed E-state index contributed by atoms with van der Waals surface area (Å²) in [5, 5.41) is 5.42. The number of hydrogen-bond acceptors (Lipinski definition) is 5. The average Bonchev–Trinajstić information content (AvgIpc) is 2.34. The van der Waals surface area contributed by atoms with Gasteiger partial charge in [0.1, 0.15) is 11.5 Å². The van der Waals surface area contributed by atoms with Crippen molar-refractivity contribution >= 4 is 17.6 Å². The van der Waals surface area contributed by atoms with Gasteiger partial charge in [0.2, 0.25) is 5.91 Å². The SMILES string of the molecule is CNc1cncc(C(=O)NCCCC(N)=O)n1. The van der Waals surface area contributed by atoms with Gasteiger partial charge in [-0.25, -0.2) is 4.98 Å². The predicted molar refractivity (Wildman–Crippen MR) is 62.3 cm³/mol. The summed E-state index contributed by atoms with van der Waals surface area (Å²) < 4.78 is 0. The third-order valence-corrected chi connectivity index (χ3v) is 2.01. The number of primary amides is 1. The van der Waals surface area contributed by atoms with Crippen molar-refractivity contribution in [1.82, 2.24) is 15.3 Å². The molecule has 0 spiro atoms. The van der Waals surface area contributed by atoms with Gasteiger partial charge in [-0.15, -0.1) is 0 Å². The topological polar surface area (TPSA) is 110 Å². The van der Waals surface area contributed by atoms with Crippen LogP contribution in [0.15, 0.2) is 12.4 Å². The van der Waals surface area contributed by atoms with Crippen LogP contribution in [0.25, 0.3) is 0 Å². The molecule has 4 N–H and O–H groups in total. The summed E-state index contributed by atoms with van der Waals surface area (Å²) in [6, 6.07) is 0. The molecule has 0 radical (unpaired) electrons. The number of hydrogen-bond donors (Lipinski definition) is 3. The molecule has 0 aliphatic heterocycles. The molecule has 0 bridgehead atoms. The molecular formula is C10H15N5O2. The van der Waals surface area contributed by atoms with Crippen LogP contribution in [-0.2, 0) is 4.79 Å². The van der Waals surface area contributed by atoms with Crippen LogP contribution in [0.2, 0.25) is 0 Å². The second kappa shape index (κ2) is 6.41. The van der Waals surface area contributed by atoms with Crippen LogP contribution in [0.5, 0.6) is 0 Å². The number of nitrogens with one attached hydrogen (secondary N) is 2. The van der Waals surface area contributed by atoms with Crippen molar-refractivity contribution in [2.45, 2.75) is 12.8 Å². The molecule has 17 heavy (non-hydrogen) atoms. The van der Waals surface area contributed by atoms with Crippen LogP contribution in [0.3, 0.4) is 0 Å². The fraction of sp³-hybridized carbons (Fsp3) is 0.400. The van der Waals surface area contributed by atoms with E-state index >= 15 is 0 Å². The first-order valence-electron chi connectivity index (χ1n) is 5.19. The van der Waals surface area contributed by atoms with Crippen LogP contribution < -0.4 is 16.4 Å². The van der Waals surface area contributed by atoms with Gasteiger partial charge in [0.25, 0.3) is 5.91 Å². The van der Waals surface area contributed by atoms with E-state index in [1.807, 2.05) is 0 Å². The van der Waals surface area contributed by atoms with E-state index < -0.39 is 0 Å². The van der Waals surface area contributed by atoms with E-state index in [9.17, 15) is 9.59 Å². The predicted octanol–water partition coefficient (Wildman–Crippen LogP) is -0.486. The molecule has 1 rings (SSSR count). The second-order valence-corrected chi connectivity index (χ2v) is 3.37. The summed E-state index contributed by atoms with van der Waals surface area (Å²) in [7, 11) is 1.69. The summed E-state index contributed by atoms with van der Waals surface area (Å²) >= 11 is 0. The molecular weight excluding hydrogens is 222 g/mol. The lowest BCUT2D eigenvalue weighted by Gasteiger charge is -2.04. The van der Waals surface area contributed by atoms with Crippen molar-refractivity contribution in [1.29, 1.82) is 0 Å². The van der Waals surface area contributed by atoms with Crippen molar-refractivity contribution in [2.75, 3.05) is 18.9 Å². The van der Waals surface area contributed by atoms with Crippen LogP contribution in [0.1, 0.15) is 23.3 Å². The van der Waals surface area contributed by atoms with Gasteiger partial charge in [0.15, 0.2) is 0 Å². The lowest BCUT2D eigenvalue weighted by atomic mass is 10.3. The summed E-state index contributed by atoms with van der Waals surface area (Å²) in [6.07, 6.45) is 3.66. The second-order valence-electron chi connectivity index (χ2n) is 3.37. The number of amides is 2. The number of nitrogens with two attached hydrogens (primary N) is 1. The smallest absolute Gasteiger partial charge is 0.271 e. The number of rotatable bonds is 6. The van der Waals surface area contributed by atoms with Crippen LogP contribution >= 0.6 is 0 Å². The lowest BCUT2D eigenvalue weighted by molar-refractivity contribution is -0.118. The first-order chi connectivity index (χ1) is 8.13. The molecule has 7 heteroatoms. The number of carbonyl (C=O) groups excluding carboxylic acids is 2. The summed E-state index contributed by atoms with van der Waals surface area (Å²) in [6.45, 7) is 0.382. The molecule has 1 heterocycles. The van der Waals surface area contributed by atoms with Gasteiger partial charge in [0.05, 0.1) is 12.4 Å². The zero-order valence-electron chi connectivity index (χ0n) is 9.56. The number of anilines is 1. The molecule has 7 nitrogen and oxygen atoms in total. The zero-order valence-corrected chi connectivity index (χ0v) is 9.56. The normalized spacial score (nSPS) is 9.71. The van der Waals surface area contributed by atoms with Crippen molar-refractivity contribution in [3.05, 3.63) is 18.1 Å². The molecule has 0 unspecified atom stereocenters. The zero-order chi connectivity index (χ0) is 12.7. The summed E-state index contributed by atoms with van der Waals surface area (Å²) in [4.78, 5) is 30.0. The Balaban J connectivity index is 2.43. The maximum Gasteiger partial charge on any atom is 0.271 e. The highest BCUT2D eigenvalue weighted by Crippen LogP contribution is 2.00. The molecule has 0 saturated carbocycles. The maximum absolute atomic E-state index is 11.6. The fourth-order valence-corrected chi connectivity index (χ4v) is 1.15. The Bertz CT molecular complexity index is 407. The van der Waals surface area contributed by atoms with Gasteiger partial charge in [-0.05, 0) is 6.42 Å². The summed E-state index contributed by atoms with van der Waals surface area (Å²) in [5.41, 5.74) is 5.21. The minimum atomic E-state index is -0.378. The Morgan fingerprint density at radius 2 is 2.18 bits per heavy atom. The van der Waals surface area contributed by atoms with E-state index in [2.05, 4.69) is 20.6 Å². The van der Waals surface area contributed by atoms with Gasteiger partial charge in [-0.1, -0.05) is 0 Å². The Labute approximate surface area is 98.8 Å². The van der Waals surface area contributed by atoms with Gasteiger partial charge in [-0.2, -0.15) is 0 Å². The monoisotopic (exact) mass is 237 g/mol. The number of nitrogens with zero attached hydrogens (tertiary/aromatic N) is 2. The molecule has 0 saturated heterocycles. The molecule has 92 valence electrons. The minimum Gasteiger partial charge on any atom is -0.372 e. The van der Waals surface area contributed by atoms with Gasteiger partial charge in [0, 0.05) is 20.0 Å². The number of aromatic nitrogens is 2. The van der Waals surface area contributed by atoms with E-state index in [1.165, 1.54) is 12.4 Å². The van der Waals surface area contributed by atoms with Gasteiger partial charge >= 0.3 is 0 Å². The molecule has 0 aromatic carbocycles. The number of carbonyl (C=O) groups is 2. The standard InChI is InChI=1S/C10H15N5O2/c1-12-9-6-13-5-7(15-9)10(17)14-4-2-3-8(11)16/h5-6H,2-4H2,1H3,(H2,11,16)(H,12,15)(H,14,17). The first-order valence-corrected chi connectivity index (χ1v) is 5.19. The highest BCUT2D eigenvalue weighted by atomic mass is 16.2. The van der Waals surface area contributed by atoms with E-state index in [0.29, 0.717) is 18.8 Å². The Hall–Kier alpha value is -2.18. The Morgan fingerprint density at radius 3 is 2.82 bits per heavy atom. The average molecular weight is 237 g/mol. The largest absolute Gasteiger partial charge is 0.372 e. The van der Waals surface area contributed by atoms with Crippen LogP contribution in [-0.4, -0.2) is 35.4 Å². The van der Waals surface area contributed by atoms with Crippen molar-refractivity contribution in [3.63, 3.8) is 0 Å². The maximum atomic E-state index is 11.6. The van der Waals surface area contributed by atoms with Crippen molar-refractivity contribution in [2.24, 2.45) is 5.73 Å². The van der Waals surface area contributed by atoms with E-state index in [-0.39, 0.29) is 23.9 Å². The van der Waals surface area contributed by atoms with E-state index in [0.717, 1.165) is 0 Å². The van der Waals surface area contributed by atoms with Crippen molar-refractivity contribution < 1.29 is 9.59 Å². The van der Waals surface area contributed by atoms with E-state index in [4.69, 9.17) is 5.73 Å². The fourth-order valence-electron chi connectivity index (χ4n) is 1.15. The van der Waals surface area contributed by atoms with Gasteiger partial charge < -0.3 is 16.4 Å². The third kappa shape index (κ3) is 4.45. The first kappa shape index (κ1) is 12.9.